The van der Waals surface area contributed by atoms with Crippen LogP contribution in [0.25, 0.3) is 0 Å². The van der Waals surface area contributed by atoms with Crippen molar-refractivity contribution in [2.24, 2.45) is 0 Å². The van der Waals surface area contributed by atoms with Crippen molar-refractivity contribution in [3.8, 4) is 0 Å². The maximum Gasteiger partial charge on any atom is 0.410 e. The number of Topliss-reactive ketones (excluding diaryl/α,β-unsaturated/α-hetero) is 1. The van der Waals surface area contributed by atoms with Gasteiger partial charge in [-0.2, -0.15) is 0 Å². The molecule has 19 heavy (non-hydrogen) atoms. The molecule has 5 heteroatoms. The summed E-state index contributed by atoms with van der Waals surface area (Å²) in [5.74, 6) is 0.305. The number of ketones is 1. The van der Waals surface area contributed by atoms with Crippen molar-refractivity contribution < 1.29 is 14.3 Å². The van der Waals surface area contributed by atoms with E-state index in [9.17, 15) is 9.59 Å². The van der Waals surface area contributed by atoms with Gasteiger partial charge in [-0.05, 0) is 27.7 Å². The molecule has 0 aromatic heterocycles. The Kier molecular flexibility index (Phi) is 3.85. The van der Waals surface area contributed by atoms with Gasteiger partial charge in [-0.3, -0.25) is 9.69 Å². The lowest BCUT2D eigenvalue weighted by Crippen LogP contribution is -2.61. The lowest BCUT2D eigenvalue weighted by molar-refractivity contribution is -0.125. The number of fused-ring (bicyclic) bond motifs is 1. The predicted octanol–water partition coefficient (Wildman–Crippen LogP) is 1.66. The monoisotopic (exact) mass is 268 g/mol. The summed E-state index contributed by atoms with van der Waals surface area (Å²) >= 11 is 0. The zero-order chi connectivity index (χ0) is 14.2. The van der Waals surface area contributed by atoms with Gasteiger partial charge in [-0.15, -0.1) is 0 Å². The Morgan fingerprint density at radius 3 is 2.63 bits per heavy atom. The lowest BCUT2D eigenvalue weighted by Gasteiger charge is -2.47. The highest BCUT2D eigenvalue weighted by molar-refractivity contribution is 5.80. The van der Waals surface area contributed by atoms with Crippen LogP contribution < -0.4 is 0 Å². The molecule has 1 unspecified atom stereocenters. The molecule has 0 N–H and O–H groups in total. The highest BCUT2D eigenvalue weighted by atomic mass is 16.6. The SMILES string of the molecule is C[C@@H]1CN(C(=O)OC(C)(C)C)CC2CC(=O)CCN21. The van der Waals surface area contributed by atoms with E-state index >= 15 is 0 Å². The summed E-state index contributed by atoms with van der Waals surface area (Å²) in [6.45, 7) is 9.83. The summed E-state index contributed by atoms with van der Waals surface area (Å²) < 4.78 is 5.42. The van der Waals surface area contributed by atoms with E-state index in [1.165, 1.54) is 0 Å². The minimum atomic E-state index is -0.472. The first-order valence-corrected chi connectivity index (χ1v) is 7.01. The van der Waals surface area contributed by atoms with Gasteiger partial charge in [0.15, 0.2) is 0 Å². The van der Waals surface area contributed by atoms with Crippen molar-refractivity contribution in [1.82, 2.24) is 9.80 Å². The van der Waals surface area contributed by atoms with Gasteiger partial charge in [-0.25, -0.2) is 4.79 Å². The Bertz CT molecular complexity index is 375. The zero-order valence-electron chi connectivity index (χ0n) is 12.3. The van der Waals surface area contributed by atoms with Crippen LogP contribution in [0.1, 0.15) is 40.5 Å². The highest BCUT2D eigenvalue weighted by Gasteiger charge is 2.38. The molecule has 0 bridgehead atoms. The number of hydrogen-bond acceptors (Lipinski definition) is 4. The third kappa shape index (κ3) is 3.47. The predicted molar refractivity (Wildman–Crippen MR) is 72.0 cm³/mol. The minimum Gasteiger partial charge on any atom is -0.444 e. The number of piperidine rings is 1. The Morgan fingerprint density at radius 2 is 2.00 bits per heavy atom. The summed E-state index contributed by atoms with van der Waals surface area (Å²) in [4.78, 5) is 27.8. The summed E-state index contributed by atoms with van der Waals surface area (Å²) in [6, 6.07) is 0.455. The molecule has 2 rings (SSSR count). The van der Waals surface area contributed by atoms with Gasteiger partial charge in [0.25, 0.3) is 0 Å². The molecule has 2 fully saturated rings. The van der Waals surface area contributed by atoms with E-state index in [1.54, 1.807) is 4.90 Å². The molecule has 0 aromatic carbocycles. The first-order chi connectivity index (χ1) is 8.76. The number of carbonyl (C=O) groups is 2. The van der Waals surface area contributed by atoms with Crippen LogP contribution in [0.3, 0.4) is 0 Å². The van der Waals surface area contributed by atoms with Gasteiger partial charge in [0.2, 0.25) is 0 Å². The van der Waals surface area contributed by atoms with Gasteiger partial charge in [-0.1, -0.05) is 0 Å². The molecule has 1 amide bonds. The van der Waals surface area contributed by atoms with E-state index in [-0.39, 0.29) is 12.1 Å². The number of amides is 1. The first-order valence-electron chi connectivity index (χ1n) is 7.01. The second-order valence-electron chi connectivity index (χ2n) is 6.62. The van der Waals surface area contributed by atoms with Crippen molar-refractivity contribution in [1.29, 1.82) is 0 Å². The average molecular weight is 268 g/mol. The van der Waals surface area contributed by atoms with E-state index in [2.05, 4.69) is 11.8 Å². The summed E-state index contributed by atoms with van der Waals surface area (Å²) in [5.41, 5.74) is -0.472. The van der Waals surface area contributed by atoms with Crippen LogP contribution in [0.2, 0.25) is 0 Å². The second-order valence-corrected chi connectivity index (χ2v) is 6.62. The maximum atomic E-state index is 12.1. The molecule has 2 atom stereocenters. The summed E-state index contributed by atoms with van der Waals surface area (Å²) in [7, 11) is 0. The van der Waals surface area contributed by atoms with E-state index in [4.69, 9.17) is 4.74 Å². The van der Waals surface area contributed by atoms with Gasteiger partial charge < -0.3 is 9.64 Å². The minimum absolute atomic E-state index is 0.164. The van der Waals surface area contributed by atoms with Crippen molar-refractivity contribution in [3.05, 3.63) is 0 Å². The van der Waals surface area contributed by atoms with E-state index < -0.39 is 5.60 Å². The van der Waals surface area contributed by atoms with Crippen molar-refractivity contribution in [3.63, 3.8) is 0 Å². The van der Waals surface area contributed by atoms with Crippen LogP contribution in [0, 0.1) is 0 Å². The van der Waals surface area contributed by atoms with Crippen LogP contribution in [0.15, 0.2) is 0 Å². The number of nitrogens with zero attached hydrogens (tertiary/aromatic N) is 2. The molecule has 5 nitrogen and oxygen atoms in total. The number of piperazine rings is 1. The van der Waals surface area contributed by atoms with Crippen molar-refractivity contribution in [2.75, 3.05) is 19.6 Å². The topological polar surface area (TPSA) is 49.9 Å². The maximum absolute atomic E-state index is 12.1. The van der Waals surface area contributed by atoms with Crippen LogP contribution >= 0.6 is 0 Å². The molecule has 2 aliphatic rings. The quantitative estimate of drug-likeness (QED) is 0.670. The largest absolute Gasteiger partial charge is 0.444 e. The lowest BCUT2D eigenvalue weighted by atomic mass is 9.96. The molecule has 0 aliphatic carbocycles. The first kappa shape index (κ1) is 14.3. The van der Waals surface area contributed by atoms with Crippen LogP contribution in [0.5, 0.6) is 0 Å². The molecule has 0 saturated carbocycles. The van der Waals surface area contributed by atoms with Crippen LogP contribution in [-0.2, 0) is 9.53 Å². The van der Waals surface area contributed by atoms with Crippen molar-refractivity contribution >= 4 is 11.9 Å². The van der Waals surface area contributed by atoms with Crippen LogP contribution in [0.4, 0.5) is 4.79 Å². The Morgan fingerprint density at radius 1 is 1.32 bits per heavy atom. The van der Waals surface area contributed by atoms with E-state index in [1.807, 2.05) is 20.8 Å². The Balaban J connectivity index is 2.01. The Hall–Kier alpha value is -1.10. The number of rotatable bonds is 0. The van der Waals surface area contributed by atoms with Gasteiger partial charge >= 0.3 is 6.09 Å². The standard InChI is InChI=1S/C14H24N2O3/c1-10-8-15(13(18)19-14(2,3)4)9-11-7-12(17)5-6-16(10)11/h10-11H,5-9H2,1-4H3/t10-,11?/m1/s1. The fourth-order valence-corrected chi connectivity index (χ4v) is 2.90. The third-order valence-electron chi connectivity index (χ3n) is 3.71. The molecule has 2 saturated heterocycles. The van der Waals surface area contributed by atoms with Gasteiger partial charge in [0.1, 0.15) is 11.4 Å². The smallest absolute Gasteiger partial charge is 0.410 e. The Labute approximate surface area is 114 Å². The average Bonchev–Trinajstić information content (AvgIpc) is 2.25. The van der Waals surface area contributed by atoms with Gasteiger partial charge in [0, 0.05) is 44.6 Å². The second kappa shape index (κ2) is 5.12. The molecule has 0 aromatic rings. The normalized spacial score (nSPS) is 29.1. The number of ether oxygens (including phenoxy) is 1. The van der Waals surface area contributed by atoms with Crippen LogP contribution in [-0.4, -0.2) is 59.0 Å². The molecule has 2 aliphatic heterocycles. The molecule has 0 radical (unpaired) electrons. The molecular formula is C14H24N2O3. The number of carbonyl (C=O) groups excluding carboxylic acids is 2. The summed E-state index contributed by atoms with van der Waals surface area (Å²) in [5, 5.41) is 0. The third-order valence-corrected chi connectivity index (χ3v) is 3.71. The van der Waals surface area contributed by atoms with Gasteiger partial charge in [0.05, 0.1) is 0 Å². The molecule has 2 heterocycles. The van der Waals surface area contributed by atoms with E-state index in [0.717, 1.165) is 6.54 Å². The highest BCUT2D eigenvalue weighted by Crippen LogP contribution is 2.24. The fraction of sp³-hybridized carbons (Fsp3) is 0.857. The number of hydrogen-bond donors (Lipinski definition) is 0. The summed E-state index contributed by atoms with van der Waals surface area (Å²) in [6.07, 6.45) is 0.939. The molecular weight excluding hydrogens is 244 g/mol. The molecule has 108 valence electrons. The fourth-order valence-electron chi connectivity index (χ4n) is 2.90. The van der Waals surface area contributed by atoms with Crippen molar-refractivity contribution in [2.45, 2.75) is 58.2 Å². The zero-order valence-corrected chi connectivity index (χ0v) is 12.3. The molecule has 0 spiro atoms. The van der Waals surface area contributed by atoms with E-state index in [0.29, 0.717) is 37.8 Å².